The fourth-order valence-corrected chi connectivity index (χ4v) is 2.56. The number of hydrogen-bond donors (Lipinski definition) is 1. The van der Waals surface area contributed by atoms with Crippen LogP contribution in [-0.4, -0.2) is 30.2 Å². The minimum absolute atomic E-state index is 0.0440. The zero-order chi connectivity index (χ0) is 14.2. The molecular weight excluding hydrogens is 327 g/mol. The molecule has 2 rings (SSSR count). The minimum Gasteiger partial charge on any atom is -0.369 e. The van der Waals surface area contributed by atoms with Crippen molar-refractivity contribution in [2.75, 3.05) is 18.0 Å². The number of nitrogens with two attached hydrogens (primary N) is 1. The first-order chi connectivity index (χ1) is 8.79. The van der Waals surface area contributed by atoms with Crippen LogP contribution in [0.4, 0.5) is 18.9 Å². The van der Waals surface area contributed by atoms with E-state index in [2.05, 4.69) is 20.9 Å². The Kier molecular flexibility index (Phi) is 3.71. The first kappa shape index (κ1) is 14.1. The lowest BCUT2D eigenvalue weighted by Gasteiger charge is -2.19. The van der Waals surface area contributed by atoms with Gasteiger partial charge in [-0.1, -0.05) is 0 Å². The van der Waals surface area contributed by atoms with Gasteiger partial charge in [0.1, 0.15) is 0 Å². The SMILES string of the molecule is NC(=O)[C@@H]1CN(c2cncc(Br)c2)C[C@H]1C(F)(F)F. The van der Waals surface area contributed by atoms with Gasteiger partial charge in [0.2, 0.25) is 5.91 Å². The number of alkyl halides is 3. The molecule has 1 aliphatic heterocycles. The summed E-state index contributed by atoms with van der Waals surface area (Å²) in [6.07, 6.45) is -1.44. The maximum atomic E-state index is 12.9. The van der Waals surface area contributed by atoms with Crippen molar-refractivity contribution in [3.8, 4) is 0 Å². The summed E-state index contributed by atoms with van der Waals surface area (Å²) < 4.78 is 39.3. The van der Waals surface area contributed by atoms with Gasteiger partial charge in [-0.25, -0.2) is 0 Å². The van der Waals surface area contributed by atoms with Gasteiger partial charge in [-0.2, -0.15) is 13.2 Å². The zero-order valence-electron chi connectivity index (χ0n) is 9.69. The van der Waals surface area contributed by atoms with Gasteiger partial charge in [0.25, 0.3) is 0 Å². The molecule has 1 aromatic rings. The van der Waals surface area contributed by atoms with E-state index in [1.165, 1.54) is 17.3 Å². The van der Waals surface area contributed by atoms with E-state index in [4.69, 9.17) is 5.73 Å². The number of aromatic nitrogens is 1. The molecule has 0 unspecified atom stereocenters. The largest absolute Gasteiger partial charge is 0.394 e. The molecule has 0 aromatic carbocycles. The predicted molar refractivity (Wildman–Crippen MR) is 66.4 cm³/mol. The minimum atomic E-state index is -4.44. The van der Waals surface area contributed by atoms with Crippen LogP contribution in [0.15, 0.2) is 22.9 Å². The van der Waals surface area contributed by atoms with Crippen LogP contribution in [-0.2, 0) is 4.79 Å². The van der Waals surface area contributed by atoms with Crippen LogP contribution in [0.25, 0.3) is 0 Å². The van der Waals surface area contributed by atoms with Gasteiger partial charge in [0, 0.05) is 23.8 Å². The lowest BCUT2D eigenvalue weighted by molar-refractivity contribution is -0.181. The Morgan fingerprint density at radius 2 is 2.11 bits per heavy atom. The van der Waals surface area contributed by atoms with Crippen LogP contribution < -0.4 is 10.6 Å². The molecule has 0 saturated carbocycles. The molecule has 1 aromatic heterocycles. The first-order valence-electron chi connectivity index (χ1n) is 5.50. The topological polar surface area (TPSA) is 59.2 Å². The predicted octanol–water partition coefficient (Wildman–Crippen LogP) is 1.94. The highest BCUT2D eigenvalue weighted by molar-refractivity contribution is 9.10. The van der Waals surface area contributed by atoms with Crippen molar-refractivity contribution < 1.29 is 18.0 Å². The molecule has 4 nitrogen and oxygen atoms in total. The molecule has 1 amide bonds. The maximum Gasteiger partial charge on any atom is 0.394 e. The molecule has 2 heterocycles. The third-order valence-corrected chi connectivity index (χ3v) is 3.60. The number of carbonyl (C=O) groups is 1. The number of amides is 1. The number of halogens is 4. The number of anilines is 1. The van der Waals surface area contributed by atoms with Crippen molar-refractivity contribution in [3.63, 3.8) is 0 Å². The summed E-state index contributed by atoms with van der Waals surface area (Å²) >= 11 is 3.20. The Hall–Kier alpha value is -1.31. The molecule has 0 radical (unpaired) electrons. The Labute approximate surface area is 115 Å². The van der Waals surface area contributed by atoms with Gasteiger partial charge < -0.3 is 10.6 Å². The van der Waals surface area contributed by atoms with Crippen molar-refractivity contribution in [1.29, 1.82) is 0 Å². The molecule has 0 spiro atoms. The number of primary amides is 1. The second-order valence-corrected chi connectivity index (χ2v) is 5.34. The fourth-order valence-electron chi connectivity index (χ4n) is 2.21. The van der Waals surface area contributed by atoms with E-state index in [9.17, 15) is 18.0 Å². The van der Waals surface area contributed by atoms with Crippen molar-refractivity contribution in [2.45, 2.75) is 6.18 Å². The summed E-state index contributed by atoms with van der Waals surface area (Å²) in [4.78, 5) is 16.6. The first-order valence-corrected chi connectivity index (χ1v) is 6.30. The quantitative estimate of drug-likeness (QED) is 0.897. The third kappa shape index (κ3) is 2.99. The third-order valence-electron chi connectivity index (χ3n) is 3.16. The van der Waals surface area contributed by atoms with Crippen LogP contribution in [0.2, 0.25) is 0 Å². The fraction of sp³-hybridized carbons (Fsp3) is 0.455. The van der Waals surface area contributed by atoms with E-state index < -0.39 is 23.9 Å². The molecule has 0 bridgehead atoms. The number of hydrogen-bond acceptors (Lipinski definition) is 3. The average molecular weight is 338 g/mol. The van der Waals surface area contributed by atoms with Crippen molar-refractivity contribution >= 4 is 27.5 Å². The summed E-state index contributed by atoms with van der Waals surface area (Å²) in [5.74, 6) is -3.88. The zero-order valence-corrected chi connectivity index (χ0v) is 11.3. The lowest BCUT2D eigenvalue weighted by Crippen LogP contribution is -2.37. The highest BCUT2D eigenvalue weighted by Crippen LogP contribution is 2.39. The molecule has 1 fully saturated rings. The number of rotatable bonds is 2. The second-order valence-electron chi connectivity index (χ2n) is 4.42. The van der Waals surface area contributed by atoms with Gasteiger partial charge in [-0.15, -0.1) is 0 Å². The van der Waals surface area contributed by atoms with E-state index in [-0.39, 0.29) is 13.1 Å². The molecule has 2 N–H and O–H groups in total. The van der Waals surface area contributed by atoms with E-state index in [1.807, 2.05) is 0 Å². The molecule has 19 heavy (non-hydrogen) atoms. The van der Waals surface area contributed by atoms with Gasteiger partial charge in [-0.3, -0.25) is 9.78 Å². The standard InChI is InChI=1S/C11H11BrF3N3O/c12-6-1-7(3-17-2-6)18-4-8(10(16)19)9(5-18)11(13,14)15/h1-3,8-9H,4-5H2,(H2,16,19)/t8-,9-/m1/s1. The highest BCUT2D eigenvalue weighted by Gasteiger charge is 2.51. The molecule has 2 atom stereocenters. The Morgan fingerprint density at radius 3 is 2.58 bits per heavy atom. The summed E-state index contributed by atoms with van der Waals surface area (Å²) in [5.41, 5.74) is 5.60. The van der Waals surface area contributed by atoms with Crippen molar-refractivity contribution in [1.82, 2.24) is 4.98 Å². The van der Waals surface area contributed by atoms with Crippen LogP contribution in [0.5, 0.6) is 0 Å². The van der Waals surface area contributed by atoms with Crippen molar-refractivity contribution in [3.05, 3.63) is 22.9 Å². The lowest BCUT2D eigenvalue weighted by atomic mass is 9.95. The molecule has 0 aliphatic carbocycles. The smallest absolute Gasteiger partial charge is 0.369 e. The van der Waals surface area contributed by atoms with Crippen LogP contribution >= 0.6 is 15.9 Å². The summed E-state index contributed by atoms with van der Waals surface area (Å²) in [7, 11) is 0. The average Bonchev–Trinajstić information content (AvgIpc) is 2.73. The highest BCUT2D eigenvalue weighted by atomic mass is 79.9. The molecule has 1 aliphatic rings. The van der Waals surface area contributed by atoms with Crippen molar-refractivity contribution in [2.24, 2.45) is 17.6 Å². The summed E-state index contributed by atoms with van der Waals surface area (Å²) in [6.45, 7) is -0.327. The van der Waals surface area contributed by atoms with Gasteiger partial charge in [0.05, 0.1) is 23.7 Å². The van der Waals surface area contributed by atoms with Gasteiger partial charge in [0.15, 0.2) is 0 Å². The summed E-state index contributed by atoms with van der Waals surface area (Å²) in [6, 6.07) is 1.66. The van der Waals surface area contributed by atoms with Crippen LogP contribution in [0, 0.1) is 11.8 Å². The van der Waals surface area contributed by atoms with Crippen LogP contribution in [0.1, 0.15) is 0 Å². The van der Waals surface area contributed by atoms with E-state index >= 15 is 0 Å². The number of carbonyl (C=O) groups excluding carboxylic acids is 1. The number of nitrogens with zero attached hydrogens (tertiary/aromatic N) is 2. The maximum absolute atomic E-state index is 12.9. The molecule has 104 valence electrons. The van der Waals surface area contributed by atoms with Gasteiger partial charge >= 0.3 is 6.18 Å². The normalized spacial score (nSPS) is 23.7. The van der Waals surface area contributed by atoms with Gasteiger partial charge in [-0.05, 0) is 22.0 Å². The van der Waals surface area contributed by atoms with E-state index in [1.54, 1.807) is 6.07 Å². The Morgan fingerprint density at radius 1 is 1.42 bits per heavy atom. The van der Waals surface area contributed by atoms with Crippen LogP contribution in [0.3, 0.4) is 0 Å². The molecule has 1 saturated heterocycles. The van der Waals surface area contributed by atoms with E-state index in [0.29, 0.717) is 10.2 Å². The molecule has 8 heteroatoms. The summed E-state index contributed by atoms with van der Waals surface area (Å²) in [5, 5.41) is 0. The Bertz CT molecular complexity index is 494. The van der Waals surface area contributed by atoms with E-state index in [0.717, 1.165) is 0 Å². The second kappa shape index (κ2) is 4.99. The Balaban J connectivity index is 2.25. The monoisotopic (exact) mass is 337 g/mol. The number of pyridine rings is 1. The molecular formula is C11H11BrF3N3O.